The van der Waals surface area contributed by atoms with Crippen molar-refractivity contribution in [3.63, 3.8) is 0 Å². The number of hydrogen-bond acceptors (Lipinski definition) is 3. The molecule has 0 aliphatic heterocycles. The van der Waals surface area contributed by atoms with Crippen LogP contribution in [-0.4, -0.2) is 23.8 Å². The van der Waals surface area contributed by atoms with Gasteiger partial charge in [-0.15, -0.1) is 0 Å². The third kappa shape index (κ3) is 4.83. The van der Waals surface area contributed by atoms with Crippen molar-refractivity contribution < 1.29 is 14.4 Å². The molecule has 0 saturated heterocycles. The van der Waals surface area contributed by atoms with E-state index < -0.39 is 11.9 Å². The maximum Gasteiger partial charge on any atom is 0.261 e. The SMILES string of the molecule is O=C(NC(Cc1ccccc1)C(=O)NNC(=O)C12CC3CC(CC(C3)C1)C2)c1ccc(Cl)cc1. The summed E-state index contributed by atoms with van der Waals surface area (Å²) in [5.74, 6) is 1.01. The highest BCUT2D eigenvalue weighted by Gasteiger charge is 2.54. The topological polar surface area (TPSA) is 87.3 Å². The summed E-state index contributed by atoms with van der Waals surface area (Å²) in [5, 5.41) is 3.34. The minimum Gasteiger partial charge on any atom is -0.340 e. The van der Waals surface area contributed by atoms with Crippen LogP contribution in [0.4, 0.5) is 0 Å². The van der Waals surface area contributed by atoms with Crippen LogP contribution in [0.1, 0.15) is 54.4 Å². The molecule has 6 rings (SSSR count). The van der Waals surface area contributed by atoms with E-state index in [1.54, 1.807) is 24.3 Å². The lowest BCUT2D eigenvalue weighted by atomic mass is 9.49. The van der Waals surface area contributed by atoms with Crippen molar-refractivity contribution in [2.75, 3.05) is 0 Å². The number of hydrazine groups is 1. The molecule has 0 radical (unpaired) electrons. The fraction of sp³-hybridized carbons (Fsp3) is 0.444. The lowest BCUT2D eigenvalue weighted by molar-refractivity contribution is -0.149. The summed E-state index contributed by atoms with van der Waals surface area (Å²) in [6.07, 6.45) is 6.79. The predicted octanol–water partition coefficient (Wildman–Crippen LogP) is 4.04. The molecule has 4 bridgehead atoms. The van der Waals surface area contributed by atoms with Crippen molar-refractivity contribution >= 4 is 29.3 Å². The van der Waals surface area contributed by atoms with Gasteiger partial charge in [-0.2, -0.15) is 0 Å². The van der Waals surface area contributed by atoms with Crippen LogP contribution in [-0.2, 0) is 16.0 Å². The van der Waals surface area contributed by atoms with E-state index in [4.69, 9.17) is 11.6 Å². The molecule has 4 aliphatic carbocycles. The van der Waals surface area contributed by atoms with Crippen molar-refractivity contribution in [1.82, 2.24) is 16.2 Å². The summed E-state index contributed by atoms with van der Waals surface area (Å²) in [6.45, 7) is 0. The maximum absolute atomic E-state index is 13.2. The summed E-state index contributed by atoms with van der Waals surface area (Å²) in [4.78, 5) is 39.2. The van der Waals surface area contributed by atoms with Crippen molar-refractivity contribution in [2.24, 2.45) is 23.2 Å². The van der Waals surface area contributed by atoms with Crippen molar-refractivity contribution in [1.29, 1.82) is 0 Å². The molecule has 2 aromatic rings. The number of rotatable bonds is 6. The first-order valence-electron chi connectivity index (χ1n) is 12.1. The second-order valence-corrected chi connectivity index (χ2v) is 10.8. The third-order valence-corrected chi connectivity index (χ3v) is 8.08. The third-order valence-electron chi connectivity index (χ3n) is 7.83. The van der Waals surface area contributed by atoms with Crippen LogP contribution in [0.3, 0.4) is 0 Å². The first-order valence-corrected chi connectivity index (χ1v) is 12.5. The first kappa shape index (κ1) is 22.9. The minimum atomic E-state index is -0.845. The Morgan fingerprint density at radius 3 is 2.03 bits per heavy atom. The van der Waals surface area contributed by atoms with Crippen molar-refractivity contribution in [3.8, 4) is 0 Å². The zero-order valence-electron chi connectivity index (χ0n) is 19.1. The van der Waals surface area contributed by atoms with Gasteiger partial charge >= 0.3 is 0 Å². The molecule has 1 unspecified atom stereocenters. The van der Waals surface area contributed by atoms with Gasteiger partial charge in [0.1, 0.15) is 6.04 Å². The Bertz CT molecular complexity index is 1040. The molecule has 0 heterocycles. The molecule has 0 aromatic heterocycles. The van der Waals surface area contributed by atoms with E-state index in [-0.39, 0.29) is 17.2 Å². The Labute approximate surface area is 204 Å². The molecule has 3 amide bonds. The van der Waals surface area contributed by atoms with Gasteiger partial charge in [-0.25, -0.2) is 0 Å². The highest BCUT2D eigenvalue weighted by Crippen LogP contribution is 2.60. The van der Waals surface area contributed by atoms with E-state index in [1.165, 1.54) is 19.3 Å². The number of amides is 3. The fourth-order valence-electron chi connectivity index (χ4n) is 6.63. The Hall–Kier alpha value is -2.86. The second kappa shape index (κ2) is 9.41. The second-order valence-electron chi connectivity index (χ2n) is 10.4. The fourth-order valence-corrected chi connectivity index (χ4v) is 6.75. The highest BCUT2D eigenvalue weighted by atomic mass is 35.5. The van der Waals surface area contributed by atoms with Gasteiger partial charge < -0.3 is 5.32 Å². The summed E-state index contributed by atoms with van der Waals surface area (Å²) < 4.78 is 0. The Balaban J connectivity index is 1.26. The molecule has 178 valence electrons. The summed E-state index contributed by atoms with van der Waals surface area (Å²) in [7, 11) is 0. The van der Waals surface area contributed by atoms with Gasteiger partial charge in [-0.1, -0.05) is 41.9 Å². The van der Waals surface area contributed by atoms with E-state index in [0.717, 1.165) is 24.8 Å². The highest BCUT2D eigenvalue weighted by molar-refractivity contribution is 6.30. The molecule has 1 atom stereocenters. The van der Waals surface area contributed by atoms with Gasteiger partial charge in [0, 0.05) is 17.0 Å². The Morgan fingerprint density at radius 1 is 0.853 bits per heavy atom. The molecule has 4 aliphatic rings. The molecule has 3 N–H and O–H groups in total. The van der Waals surface area contributed by atoms with Gasteiger partial charge in [0.05, 0.1) is 5.41 Å². The average molecular weight is 480 g/mol. The number of benzene rings is 2. The van der Waals surface area contributed by atoms with Gasteiger partial charge in [0.15, 0.2) is 0 Å². The average Bonchev–Trinajstić information content (AvgIpc) is 2.82. The molecule has 34 heavy (non-hydrogen) atoms. The number of hydrogen-bond donors (Lipinski definition) is 3. The van der Waals surface area contributed by atoms with E-state index in [9.17, 15) is 14.4 Å². The summed E-state index contributed by atoms with van der Waals surface area (Å²) in [5.41, 5.74) is 6.30. The first-order chi connectivity index (χ1) is 16.4. The van der Waals surface area contributed by atoms with Crippen molar-refractivity contribution in [2.45, 2.75) is 51.0 Å². The van der Waals surface area contributed by atoms with E-state index in [2.05, 4.69) is 16.2 Å². The van der Waals surface area contributed by atoms with Gasteiger partial charge in [-0.05, 0) is 86.1 Å². The lowest BCUT2D eigenvalue weighted by Gasteiger charge is -2.55. The largest absolute Gasteiger partial charge is 0.340 e. The zero-order chi connectivity index (χ0) is 23.7. The van der Waals surface area contributed by atoms with Crippen LogP contribution < -0.4 is 16.2 Å². The molecule has 2 aromatic carbocycles. The van der Waals surface area contributed by atoms with Crippen molar-refractivity contribution in [3.05, 3.63) is 70.7 Å². The monoisotopic (exact) mass is 479 g/mol. The van der Waals surface area contributed by atoms with Crippen LogP contribution in [0.25, 0.3) is 0 Å². The molecule has 0 spiro atoms. The van der Waals surface area contributed by atoms with Gasteiger partial charge in [-0.3, -0.25) is 25.2 Å². The predicted molar refractivity (Wildman–Crippen MR) is 130 cm³/mol. The number of carbonyl (C=O) groups excluding carboxylic acids is 3. The van der Waals surface area contributed by atoms with Gasteiger partial charge in [0.25, 0.3) is 11.8 Å². The Morgan fingerprint density at radius 2 is 1.44 bits per heavy atom. The lowest BCUT2D eigenvalue weighted by Crippen LogP contribution is -2.59. The maximum atomic E-state index is 13.2. The molecule has 6 nitrogen and oxygen atoms in total. The molecular formula is C27H30ClN3O3. The molecular weight excluding hydrogens is 450 g/mol. The summed E-state index contributed by atoms with van der Waals surface area (Å²) in [6, 6.07) is 15.1. The summed E-state index contributed by atoms with van der Waals surface area (Å²) >= 11 is 5.93. The molecule has 7 heteroatoms. The number of halogens is 1. The number of nitrogens with one attached hydrogen (secondary N) is 3. The van der Waals surface area contributed by atoms with Crippen LogP contribution in [0.15, 0.2) is 54.6 Å². The standard InChI is InChI=1S/C27H30ClN3O3/c28-22-8-6-21(7-9-22)24(32)29-23(13-17-4-2-1-3-5-17)25(33)30-31-26(34)27-14-18-10-19(15-27)12-20(11-18)16-27/h1-9,18-20,23H,10-16H2,(H,29,32)(H,30,33)(H,31,34). The van der Waals surface area contributed by atoms with E-state index in [1.807, 2.05) is 30.3 Å². The van der Waals surface area contributed by atoms with Crippen LogP contribution >= 0.6 is 11.6 Å². The van der Waals surface area contributed by atoms with Gasteiger partial charge in [0.2, 0.25) is 5.91 Å². The smallest absolute Gasteiger partial charge is 0.261 e. The zero-order valence-corrected chi connectivity index (χ0v) is 19.8. The number of carbonyl (C=O) groups is 3. The van der Waals surface area contributed by atoms with E-state index >= 15 is 0 Å². The van der Waals surface area contributed by atoms with Crippen LogP contribution in [0.5, 0.6) is 0 Å². The van der Waals surface area contributed by atoms with Crippen LogP contribution in [0, 0.1) is 23.2 Å². The quantitative estimate of drug-likeness (QED) is 0.546. The molecule has 4 saturated carbocycles. The normalized spacial score (nSPS) is 27.6. The minimum absolute atomic E-state index is 0.0811. The molecule has 4 fully saturated rings. The van der Waals surface area contributed by atoms with E-state index in [0.29, 0.717) is 34.8 Å². The Kier molecular flexibility index (Phi) is 6.34. The van der Waals surface area contributed by atoms with Crippen LogP contribution in [0.2, 0.25) is 5.02 Å².